The molecule has 0 saturated carbocycles. The van der Waals surface area contributed by atoms with Crippen LogP contribution in [-0.2, 0) is 11.8 Å². The van der Waals surface area contributed by atoms with E-state index in [2.05, 4.69) is 28.7 Å². The molecule has 23 heavy (non-hydrogen) atoms. The molecule has 3 rings (SSSR count). The lowest BCUT2D eigenvalue weighted by Crippen LogP contribution is -2.40. The fourth-order valence-corrected chi connectivity index (χ4v) is 3.69. The van der Waals surface area contributed by atoms with Gasteiger partial charge in [-0.1, -0.05) is 24.3 Å². The van der Waals surface area contributed by atoms with Gasteiger partial charge in [-0.05, 0) is 12.5 Å². The Hall–Kier alpha value is -1.79. The number of rotatable bonds is 4. The van der Waals surface area contributed by atoms with Crippen LogP contribution in [0.1, 0.15) is 12.0 Å². The van der Waals surface area contributed by atoms with Crippen LogP contribution in [0.3, 0.4) is 0 Å². The van der Waals surface area contributed by atoms with Crippen molar-refractivity contribution < 1.29 is 4.79 Å². The second-order valence-corrected chi connectivity index (χ2v) is 6.98. The number of hydrogen-bond acceptors (Lipinski definition) is 4. The summed E-state index contributed by atoms with van der Waals surface area (Å²) in [7, 11) is 1.85. The van der Waals surface area contributed by atoms with Crippen LogP contribution in [0.4, 0.5) is 5.82 Å². The topological polar surface area (TPSA) is 59.0 Å². The van der Waals surface area contributed by atoms with Gasteiger partial charge in [0.1, 0.15) is 5.82 Å². The largest absolute Gasteiger partial charge is 0.312 e. The molecular formula is C17H22N4OS. The fourth-order valence-electron chi connectivity index (χ4n) is 2.74. The normalized spacial score (nSPS) is 17.9. The highest BCUT2D eigenvalue weighted by Crippen LogP contribution is 2.24. The van der Waals surface area contributed by atoms with Crippen LogP contribution in [0.5, 0.6) is 0 Å². The molecule has 1 fully saturated rings. The summed E-state index contributed by atoms with van der Waals surface area (Å²) in [4.78, 5) is 12.2. The monoisotopic (exact) mass is 330 g/mol. The first kappa shape index (κ1) is 16.1. The van der Waals surface area contributed by atoms with Gasteiger partial charge in [0.25, 0.3) is 0 Å². The Labute approximate surface area is 140 Å². The van der Waals surface area contributed by atoms with Gasteiger partial charge < -0.3 is 10.6 Å². The van der Waals surface area contributed by atoms with E-state index in [1.807, 2.05) is 43.1 Å². The van der Waals surface area contributed by atoms with Gasteiger partial charge in [-0.3, -0.25) is 9.48 Å². The standard InChI is InChI=1S/C17H22N4OS/c1-12-5-3-4-6-14(12)15-10-16(21(2)20-15)19-17(22)9-13-11-23-8-7-18-13/h3-6,10,13,18H,7-9,11H2,1-2H3,(H,19,22). The van der Waals surface area contributed by atoms with Crippen LogP contribution in [0.15, 0.2) is 30.3 Å². The smallest absolute Gasteiger partial charge is 0.227 e. The zero-order chi connectivity index (χ0) is 16.2. The number of hydrogen-bond donors (Lipinski definition) is 2. The van der Waals surface area contributed by atoms with Gasteiger partial charge in [0.05, 0.1) is 5.69 Å². The van der Waals surface area contributed by atoms with E-state index in [-0.39, 0.29) is 11.9 Å². The average molecular weight is 330 g/mol. The molecule has 0 bridgehead atoms. The summed E-state index contributed by atoms with van der Waals surface area (Å²) >= 11 is 1.90. The summed E-state index contributed by atoms with van der Waals surface area (Å²) in [5, 5.41) is 10.9. The van der Waals surface area contributed by atoms with Gasteiger partial charge in [0, 0.05) is 49.2 Å². The lowest BCUT2D eigenvalue weighted by Gasteiger charge is -2.22. The zero-order valence-electron chi connectivity index (χ0n) is 13.5. The SMILES string of the molecule is Cc1ccccc1-c1cc(NC(=O)CC2CSCCN2)n(C)n1. The van der Waals surface area contributed by atoms with Crippen LogP contribution >= 0.6 is 11.8 Å². The van der Waals surface area contributed by atoms with Crippen molar-refractivity contribution in [3.8, 4) is 11.3 Å². The third-order valence-corrected chi connectivity index (χ3v) is 5.13. The van der Waals surface area contributed by atoms with Crippen LogP contribution in [-0.4, -0.2) is 39.8 Å². The van der Waals surface area contributed by atoms with Crippen molar-refractivity contribution >= 4 is 23.5 Å². The fraction of sp³-hybridized carbons (Fsp3) is 0.412. The first-order chi connectivity index (χ1) is 11.1. The number of aryl methyl sites for hydroxylation is 2. The van der Waals surface area contributed by atoms with Gasteiger partial charge in [-0.15, -0.1) is 0 Å². The van der Waals surface area contributed by atoms with E-state index < -0.39 is 0 Å². The van der Waals surface area contributed by atoms with Crippen molar-refractivity contribution in [1.82, 2.24) is 15.1 Å². The van der Waals surface area contributed by atoms with E-state index in [1.165, 1.54) is 5.56 Å². The highest BCUT2D eigenvalue weighted by Gasteiger charge is 2.18. The highest BCUT2D eigenvalue weighted by molar-refractivity contribution is 7.99. The number of nitrogens with zero attached hydrogens (tertiary/aromatic N) is 2. The summed E-state index contributed by atoms with van der Waals surface area (Å²) in [6.07, 6.45) is 0.498. The molecule has 1 saturated heterocycles. The van der Waals surface area contributed by atoms with Crippen molar-refractivity contribution in [1.29, 1.82) is 0 Å². The number of aromatic nitrogens is 2. The number of thioether (sulfide) groups is 1. The van der Waals surface area contributed by atoms with Crippen molar-refractivity contribution in [3.63, 3.8) is 0 Å². The van der Waals surface area contributed by atoms with E-state index in [0.717, 1.165) is 35.1 Å². The quantitative estimate of drug-likeness (QED) is 0.904. The molecular weight excluding hydrogens is 308 g/mol. The number of benzene rings is 1. The molecule has 1 unspecified atom stereocenters. The van der Waals surface area contributed by atoms with Gasteiger partial charge in [0.2, 0.25) is 5.91 Å². The number of amides is 1. The molecule has 1 aliphatic heterocycles. The number of nitrogens with one attached hydrogen (secondary N) is 2. The summed E-state index contributed by atoms with van der Waals surface area (Å²) in [5.74, 6) is 2.88. The summed E-state index contributed by atoms with van der Waals surface area (Å²) in [5.41, 5.74) is 3.15. The van der Waals surface area contributed by atoms with Gasteiger partial charge in [0.15, 0.2) is 0 Å². The van der Waals surface area contributed by atoms with E-state index in [0.29, 0.717) is 6.42 Å². The molecule has 6 heteroatoms. The Balaban J connectivity index is 1.69. The molecule has 2 heterocycles. The zero-order valence-corrected chi connectivity index (χ0v) is 14.3. The number of carbonyl (C=O) groups excluding carboxylic acids is 1. The van der Waals surface area contributed by atoms with Crippen molar-refractivity contribution in [2.24, 2.45) is 7.05 Å². The van der Waals surface area contributed by atoms with Crippen molar-refractivity contribution in [2.75, 3.05) is 23.4 Å². The lowest BCUT2D eigenvalue weighted by atomic mass is 10.1. The van der Waals surface area contributed by atoms with Crippen LogP contribution in [0.2, 0.25) is 0 Å². The van der Waals surface area contributed by atoms with E-state index in [4.69, 9.17) is 0 Å². The summed E-state index contributed by atoms with van der Waals surface area (Å²) in [6.45, 7) is 3.04. The molecule has 122 valence electrons. The van der Waals surface area contributed by atoms with E-state index in [9.17, 15) is 4.79 Å². The third-order valence-electron chi connectivity index (χ3n) is 4.00. The van der Waals surface area contributed by atoms with Gasteiger partial charge in [-0.25, -0.2) is 0 Å². The minimum absolute atomic E-state index is 0.0318. The summed E-state index contributed by atoms with van der Waals surface area (Å²) in [6, 6.07) is 10.3. The first-order valence-corrected chi connectivity index (χ1v) is 9.00. The molecule has 0 spiro atoms. The molecule has 1 amide bonds. The predicted octanol–water partition coefficient (Wildman–Crippen LogP) is 2.43. The molecule has 2 aromatic rings. The maximum atomic E-state index is 12.2. The Kier molecular flexibility index (Phi) is 5.03. The minimum atomic E-state index is 0.0318. The Morgan fingerprint density at radius 1 is 1.48 bits per heavy atom. The number of anilines is 1. The van der Waals surface area contributed by atoms with E-state index >= 15 is 0 Å². The molecule has 0 radical (unpaired) electrons. The molecule has 5 nitrogen and oxygen atoms in total. The highest BCUT2D eigenvalue weighted by atomic mass is 32.2. The number of carbonyl (C=O) groups is 1. The Morgan fingerprint density at radius 2 is 2.30 bits per heavy atom. The van der Waals surface area contributed by atoms with E-state index in [1.54, 1.807) is 4.68 Å². The van der Waals surface area contributed by atoms with Crippen molar-refractivity contribution in [3.05, 3.63) is 35.9 Å². The van der Waals surface area contributed by atoms with Gasteiger partial charge in [-0.2, -0.15) is 16.9 Å². The second-order valence-electron chi connectivity index (χ2n) is 5.83. The predicted molar refractivity (Wildman–Crippen MR) is 95.7 cm³/mol. The average Bonchev–Trinajstić information content (AvgIpc) is 2.89. The second kappa shape index (κ2) is 7.19. The molecule has 2 N–H and O–H groups in total. The van der Waals surface area contributed by atoms with Gasteiger partial charge >= 0.3 is 0 Å². The first-order valence-electron chi connectivity index (χ1n) is 7.84. The maximum absolute atomic E-state index is 12.2. The third kappa shape index (κ3) is 3.95. The lowest BCUT2D eigenvalue weighted by molar-refractivity contribution is -0.116. The Bertz CT molecular complexity index is 692. The van der Waals surface area contributed by atoms with Crippen LogP contribution in [0.25, 0.3) is 11.3 Å². The molecule has 0 aliphatic carbocycles. The molecule has 1 atom stereocenters. The Morgan fingerprint density at radius 3 is 3.04 bits per heavy atom. The van der Waals surface area contributed by atoms with Crippen LogP contribution in [0, 0.1) is 6.92 Å². The molecule has 1 aromatic heterocycles. The minimum Gasteiger partial charge on any atom is -0.312 e. The molecule has 1 aliphatic rings. The summed E-state index contributed by atoms with van der Waals surface area (Å²) < 4.78 is 1.72. The molecule has 1 aromatic carbocycles. The van der Waals surface area contributed by atoms with Crippen LogP contribution < -0.4 is 10.6 Å². The van der Waals surface area contributed by atoms with Crippen molar-refractivity contribution in [2.45, 2.75) is 19.4 Å². The maximum Gasteiger partial charge on any atom is 0.227 e.